The third-order valence-electron chi connectivity index (χ3n) is 2.99. The van der Waals surface area contributed by atoms with Crippen molar-refractivity contribution in [3.05, 3.63) is 29.6 Å². The minimum Gasteiger partial charge on any atom is -0.388 e. The Morgan fingerprint density at radius 3 is 2.81 bits per heavy atom. The van der Waals surface area contributed by atoms with Gasteiger partial charge in [-0.3, -0.25) is 0 Å². The molecule has 4 heteroatoms. The molecule has 1 aromatic carbocycles. The summed E-state index contributed by atoms with van der Waals surface area (Å²) in [6.07, 6.45) is 2.60. The van der Waals surface area contributed by atoms with Crippen LogP contribution in [0.25, 0.3) is 0 Å². The minimum absolute atomic E-state index is 0.267. The highest BCUT2D eigenvalue weighted by Crippen LogP contribution is 2.31. The van der Waals surface area contributed by atoms with Crippen LogP contribution in [-0.2, 0) is 0 Å². The number of aliphatic hydroxyl groups is 1. The third kappa shape index (κ3) is 2.15. The first kappa shape index (κ1) is 10.9. The molecule has 0 radical (unpaired) electrons. The number of hydrogen-bond acceptors (Lipinski definition) is 3. The number of benzene rings is 1. The topological polar surface area (TPSA) is 56.0 Å². The van der Waals surface area contributed by atoms with E-state index < -0.39 is 11.4 Å². The molecule has 1 fully saturated rings. The summed E-state index contributed by atoms with van der Waals surface area (Å²) in [6.45, 7) is 0.410. The smallest absolute Gasteiger partial charge is 0.124 e. The summed E-state index contributed by atoms with van der Waals surface area (Å²) >= 11 is 0. The van der Waals surface area contributed by atoms with Gasteiger partial charge in [-0.2, -0.15) is 5.26 Å². The van der Waals surface area contributed by atoms with Gasteiger partial charge in [0.05, 0.1) is 16.9 Å². The highest BCUT2D eigenvalue weighted by atomic mass is 19.1. The Balaban J connectivity index is 2.07. The van der Waals surface area contributed by atoms with Crippen molar-refractivity contribution in [1.82, 2.24) is 0 Å². The van der Waals surface area contributed by atoms with Gasteiger partial charge in [0, 0.05) is 6.54 Å². The molecule has 1 aliphatic rings. The zero-order valence-electron chi connectivity index (χ0n) is 8.83. The van der Waals surface area contributed by atoms with Crippen LogP contribution < -0.4 is 5.32 Å². The summed E-state index contributed by atoms with van der Waals surface area (Å²) in [7, 11) is 0. The van der Waals surface area contributed by atoms with Gasteiger partial charge in [0.1, 0.15) is 11.9 Å². The van der Waals surface area contributed by atoms with Gasteiger partial charge in [-0.15, -0.1) is 0 Å². The average molecular weight is 220 g/mol. The molecular weight excluding hydrogens is 207 g/mol. The number of anilines is 1. The Morgan fingerprint density at radius 2 is 2.25 bits per heavy atom. The van der Waals surface area contributed by atoms with Crippen molar-refractivity contribution in [2.24, 2.45) is 0 Å². The van der Waals surface area contributed by atoms with Gasteiger partial charge >= 0.3 is 0 Å². The predicted molar refractivity (Wildman–Crippen MR) is 58.4 cm³/mol. The summed E-state index contributed by atoms with van der Waals surface area (Å²) in [5, 5.41) is 21.7. The van der Waals surface area contributed by atoms with Gasteiger partial charge in [0.25, 0.3) is 0 Å². The lowest BCUT2D eigenvalue weighted by Gasteiger charge is -2.36. The molecule has 2 N–H and O–H groups in total. The maximum Gasteiger partial charge on any atom is 0.124 e. The molecule has 16 heavy (non-hydrogen) atoms. The van der Waals surface area contributed by atoms with Crippen LogP contribution in [0.1, 0.15) is 24.8 Å². The Hall–Kier alpha value is -1.60. The lowest BCUT2D eigenvalue weighted by atomic mass is 9.80. The van der Waals surface area contributed by atoms with Crippen molar-refractivity contribution in [3.8, 4) is 6.07 Å². The number of halogens is 1. The van der Waals surface area contributed by atoms with Crippen LogP contribution in [0.4, 0.5) is 10.1 Å². The van der Waals surface area contributed by atoms with E-state index in [0.29, 0.717) is 12.2 Å². The van der Waals surface area contributed by atoms with Crippen LogP contribution in [0.15, 0.2) is 18.2 Å². The average Bonchev–Trinajstić information content (AvgIpc) is 2.24. The Kier molecular flexibility index (Phi) is 2.80. The summed E-state index contributed by atoms with van der Waals surface area (Å²) in [5.41, 5.74) is 0.188. The summed E-state index contributed by atoms with van der Waals surface area (Å²) in [6, 6.07) is 5.94. The lowest BCUT2D eigenvalue weighted by Crippen LogP contribution is -2.43. The monoisotopic (exact) mass is 220 g/mol. The second kappa shape index (κ2) is 4.11. The minimum atomic E-state index is -0.652. The molecule has 1 aromatic rings. The largest absolute Gasteiger partial charge is 0.388 e. The third-order valence-corrected chi connectivity index (χ3v) is 2.99. The molecule has 0 bridgehead atoms. The number of rotatable bonds is 3. The van der Waals surface area contributed by atoms with Crippen LogP contribution in [0.5, 0.6) is 0 Å². The van der Waals surface area contributed by atoms with Crippen molar-refractivity contribution in [3.63, 3.8) is 0 Å². The van der Waals surface area contributed by atoms with Gasteiger partial charge < -0.3 is 10.4 Å². The first-order valence-electron chi connectivity index (χ1n) is 5.29. The van der Waals surface area contributed by atoms with Crippen LogP contribution in [0.2, 0.25) is 0 Å². The van der Waals surface area contributed by atoms with E-state index in [9.17, 15) is 9.50 Å². The number of nitrogens with zero attached hydrogens (tertiary/aromatic N) is 1. The van der Waals surface area contributed by atoms with Crippen molar-refractivity contribution < 1.29 is 9.50 Å². The normalized spacial score (nSPS) is 17.3. The summed E-state index contributed by atoms with van der Waals surface area (Å²) < 4.78 is 12.9. The zero-order valence-corrected chi connectivity index (χ0v) is 8.83. The van der Waals surface area contributed by atoms with E-state index in [4.69, 9.17) is 5.26 Å². The molecule has 0 aliphatic heterocycles. The molecule has 1 aliphatic carbocycles. The van der Waals surface area contributed by atoms with Crippen LogP contribution in [-0.4, -0.2) is 17.3 Å². The summed E-state index contributed by atoms with van der Waals surface area (Å²) in [4.78, 5) is 0. The van der Waals surface area contributed by atoms with Gasteiger partial charge in [0.15, 0.2) is 0 Å². The molecule has 84 valence electrons. The molecule has 0 unspecified atom stereocenters. The molecule has 1 saturated carbocycles. The van der Waals surface area contributed by atoms with E-state index in [-0.39, 0.29) is 5.56 Å². The number of hydrogen-bond donors (Lipinski definition) is 2. The molecule has 0 amide bonds. The van der Waals surface area contributed by atoms with Gasteiger partial charge in [-0.25, -0.2) is 4.39 Å². The standard InChI is InChI=1S/C12H13FN2O/c13-10-2-3-11(9(6-10)7-14)15-8-12(16)4-1-5-12/h2-3,6,15-16H,1,4-5,8H2. The number of nitriles is 1. The SMILES string of the molecule is N#Cc1cc(F)ccc1NCC1(O)CCC1. The Morgan fingerprint density at radius 1 is 1.50 bits per heavy atom. The Bertz CT molecular complexity index is 435. The van der Waals surface area contributed by atoms with E-state index in [0.717, 1.165) is 19.3 Å². The molecule has 0 atom stereocenters. The van der Waals surface area contributed by atoms with Crippen molar-refractivity contribution in [1.29, 1.82) is 5.26 Å². The van der Waals surface area contributed by atoms with Crippen molar-refractivity contribution >= 4 is 5.69 Å². The van der Waals surface area contributed by atoms with Crippen molar-refractivity contribution in [2.45, 2.75) is 24.9 Å². The summed E-state index contributed by atoms with van der Waals surface area (Å²) in [5.74, 6) is -0.426. The second-order valence-corrected chi connectivity index (χ2v) is 4.23. The molecule has 0 heterocycles. The fourth-order valence-electron chi connectivity index (χ4n) is 1.78. The van der Waals surface area contributed by atoms with Gasteiger partial charge in [0.2, 0.25) is 0 Å². The van der Waals surface area contributed by atoms with Crippen LogP contribution in [0, 0.1) is 17.1 Å². The van der Waals surface area contributed by atoms with E-state index in [1.54, 1.807) is 0 Å². The quantitative estimate of drug-likeness (QED) is 0.819. The van der Waals surface area contributed by atoms with Crippen LogP contribution >= 0.6 is 0 Å². The molecule has 0 saturated heterocycles. The van der Waals surface area contributed by atoms with E-state index in [1.165, 1.54) is 18.2 Å². The zero-order chi connectivity index (χ0) is 11.6. The van der Waals surface area contributed by atoms with Crippen molar-refractivity contribution in [2.75, 3.05) is 11.9 Å². The maximum absolute atomic E-state index is 12.9. The fraction of sp³-hybridized carbons (Fsp3) is 0.417. The van der Waals surface area contributed by atoms with E-state index >= 15 is 0 Å². The molecule has 0 aromatic heterocycles. The second-order valence-electron chi connectivity index (χ2n) is 4.23. The lowest BCUT2D eigenvalue weighted by molar-refractivity contribution is -0.0201. The van der Waals surface area contributed by atoms with Gasteiger partial charge in [-0.1, -0.05) is 0 Å². The van der Waals surface area contributed by atoms with Gasteiger partial charge in [-0.05, 0) is 37.5 Å². The first-order valence-corrected chi connectivity index (χ1v) is 5.29. The predicted octanol–water partition coefficient (Wildman–Crippen LogP) is 2.02. The highest BCUT2D eigenvalue weighted by Gasteiger charge is 2.34. The molecule has 3 nitrogen and oxygen atoms in total. The highest BCUT2D eigenvalue weighted by molar-refractivity contribution is 5.57. The van der Waals surface area contributed by atoms with E-state index in [1.807, 2.05) is 6.07 Å². The Labute approximate surface area is 93.5 Å². The molecule has 2 rings (SSSR count). The van der Waals surface area contributed by atoms with E-state index in [2.05, 4.69) is 5.32 Å². The maximum atomic E-state index is 12.9. The van der Waals surface area contributed by atoms with Crippen LogP contribution in [0.3, 0.4) is 0 Å². The molecular formula is C12H13FN2O. The fourth-order valence-corrected chi connectivity index (χ4v) is 1.78. The number of nitrogens with one attached hydrogen (secondary N) is 1. The molecule has 0 spiro atoms. The first-order chi connectivity index (χ1) is 7.63.